The molecule has 0 rings (SSSR count). The largest absolute Gasteiger partial charge is 0.466 e. The normalized spacial score (nSPS) is 12.4. The van der Waals surface area contributed by atoms with Crippen LogP contribution in [0.5, 0.6) is 0 Å². The Kier molecular flexibility index (Phi) is 79.3. The zero-order valence-electron chi connectivity index (χ0n) is 66.2. The van der Waals surface area contributed by atoms with Crippen LogP contribution in [-0.4, -0.2) is 157 Å². The Labute approximate surface area is 620 Å². The van der Waals surface area contributed by atoms with E-state index in [-0.39, 0.29) is 43.4 Å². The van der Waals surface area contributed by atoms with Gasteiger partial charge < -0.3 is 57.5 Å². The lowest BCUT2D eigenvalue weighted by atomic mass is 10.1. The smallest absolute Gasteiger partial charge is 0.305 e. The summed E-state index contributed by atoms with van der Waals surface area (Å²) in [4.78, 5) is 43.7. The van der Waals surface area contributed by atoms with Crippen LogP contribution >= 0.6 is 0 Å². The maximum absolute atomic E-state index is 12.9. The molecule has 15 heteroatoms. The Morgan fingerprint density at radius 2 is 0.465 bits per heavy atom. The Hall–Kier alpha value is -3.51. The molecular weight excluding hydrogens is 1270 g/mol. The Bertz CT molecular complexity index is 1770. The average Bonchev–Trinajstić information content (AvgIpc) is 2.27. The maximum Gasteiger partial charge on any atom is 0.305 e. The van der Waals surface area contributed by atoms with E-state index >= 15 is 0 Å². The van der Waals surface area contributed by atoms with Crippen LogP contribution < -0.4 is 0 Å². The molecule has 0 aliphatic carbocycles. The fourth-order valence-electron chi connectivity index (χ4n) is 11.5. The van der Waals surface area contributed by atoms with Crippen molar-refractivity contribution in [2.24, 2.45) is 0 Å². The van der Waals surface area contributed by atoms with Gasteiger partial charge in [-0.2, -0.15) is 0 Å². The van der Waals surface area contributed by atoms with Crippen LogP contribution in [0.25, 0.3) is 0 Å². The molecule has 101 heavy (non-hydrogen) atoms. The van der Waals surface area contributed by atoms with E-state index in [1.807, 2.05) is 0 Å². The van der Waals surface area contributed by atoms with Crippen molar-refractivity contribution in [1.82, 2.24) is 9.80 Å². The molecule has 15 nitrogen and oxygen atoms in total. The second-order valence-electron chi connectivity index (χ2n) is 27.1. The Balaban J connectivity index is 5.30. The van der Waals surface area contributed by atoms with Gasteiger partial charge in [-0.25, -0.2) is 0 Å². The van der Waals surface area contributed by atoms with Crippen LogP contribution in [0, 0.1) is 0 Å². The average molecular weight is 1430 g/mol. The molecular formula is C86H158N2O13. The minimum atomic E-state index is -0.388. The Morgan fingerprint density at radius 1 is 0.257 bits per heavy atom. The lowest BCUT2D eigenvalue weighted by molar-refractivity contribution is -0.159. The fraction of sp³-hybridized carbons (Fsp3) is 0.826. The van der Waals surface area contributed by atoms with E-state index in [9.17, 15) is 19.5 Å². The van der Waals surface area contributed by atoms with Crippen molar-refractivity contribution in [3.8, 4) is 0 Å². The summed E-state index contributed by atoms with van der Waals surface area (Å²) in [5.74, 6) is -0.538. The third-order valence-electron chi connectivity index (χ3n) is 17.6. The molecule has 0 aromatic rings. The summed E-state index contributed by atoms with van der Waals surface area (Å²) in [6.45, 7) is 24.2. The molecule has 0 bridgehead atoms. The second kappa shape index (κ2) is 82.1. The van der Waals surface area contributed by atoms with Crippen LogP contribution in [-0.2, 0) is 57.0 Å². The number of nitrogens with zero attached hydrogens (tertiary/aromatic N) is 2. The zero-order valence-corrected chi connectivity index (χ0v) is 66.2. The number of aliphatic hydroxyl groups is 1. The van der Waals surface area contributed by atoms with Crippen molar-refractivity contribution in [2.45, 2.75) is 356 Å². The predicted octanol–water partition coefficient (Wildman–Crippen LogP) is 21.7. The molecule has 0 radical (unpaired) electrons. The summed E-state index contributed by atoms with van der Waals surface area (Å²) in [6.07, 6.45) is 69.4. The standard InChI is InChI=1S/C86H158N2O13/c1-7-13-19-25-37-52-75-96-84(97-76-53-38-26-20-14-8-2)62-59-81(90)93-72-49-43-31-34-46-65-87(66-47-35-32-44-50-73-94-82(91)60-63-85(98-77-54-39-27-21-15-9-3)99-78-55-40-28-22-16-10-4)69-70-88(68-58-71-89)67-48-36-33-45-51-74-95-83(92)61-64-86(100-79-56-41-29-23-17-11-5)101-80-57-42-30-24-18-12-6/h13-24,84-86,89H,7-12,25-80H2,1-6H3/b19-13-,20-14-,21-15-,22-16-,23-17-,24-18-. The summed E-state index contributed by atoms with van der Waals surface area (Å²) >= 11 is 0. The first kappa shape index (κ1) is 97.5. The molecule has 0 unspecified atom stereocenters. The van der Waals surface area contributed by atoms with E-state index in [0.29, 0.717) is 98.0 Å². The van der Waals surface area contributed by atoms with Crippen molar-refractivity contribution in [3.63, 3.8) is 0 Å². The van der Waals surface area contributed by atoms with Crippen LogP contribution in [0.1, 0.15) is 337 Å². The van der Waals surface area contributed by atoms with Gasteiger partial charge in [0.25, 0.3) is 0 Å². The monoisotopic (exact) mass is 1430 g/mol. The van der Waals surface area contributed by atoms with Crippen LogP contribution in [0.15, 0.2) is 72.9 Å². The molecule has 0 saturated heterocycles. The van der Waals surface area contributed by atoms with Gasteiger partial charge in [-0.3, -0.25) is 14.4 Å². The van der Waals surface area contributed by atoms with E-state index in [2.05, 4.69) is 124 Å². The molecule has 0 saturated carbocycles. The van der Waals surface area contributed by atoms with Crippen molar-refractivity contribution >= 4 is 17.9 Å². The number of hydrogen-bond donors (Lipinski definition) is 1. The van der Waals surface area contributed by atoms with Gasteiger partial charge in [0.05, 0.1) is 39.1 Å². The van der Waals surface area contributed by atoms with Crippen LogP contribution in [0.4, 0.5) is 0 Å². The van der Waals surface area contributed by atoms with Gasteiger partial charge in [-0.1, -0.05) is 172 Å². The summed E-state index contributed by atoms with van der Waals surface area (Å²) in [6, 6.07) is 0. The molecule has 0 fully saturated rings. The highest BCUT2D eigenvalue weighted by Gasteiger charge is 2.18. The molecule has 0 aliphatic rings. The first-order valence-corrected chi connectivity index (χ1v) is 41.9. The van der Waals surface area contributed by atoms with E-state index in [1.54, 1.807) is 0 Å². The van der Waals surface area contributed by atoms with Crippen molar-refractivity contribution in [2.75, 3.05) is 105 Å². The number of carbonyl (C=O) groups excluding carboxylic acids is 3. The molecule has 0 aromatic heterocycles. The molecule has 0 spiro atoms. The number of hydrogen-bond acceptors (Lipinski definition) is 15. The van der Waals surface area contributed by atoms with Gasteiger partial charge in [-0.15, -0.1) is 0 Å². The van der Waals surface area contributed by atoms with Gasteiger partial charge in [0.1, 0.15) is 0 Å². The first-order valence-electron chi connectivity index (χ1n) is 41.9. The first-order chi connectivity index (χ1) is 49.8. The number of carbonyl (C=O) groups is 3. The minimum Gasteiger partial charge on any atom is -0.466 e. The van der Waals surface area contributed by atoms with E-state index in [1.165, 1.54) is 0 Å². The van der Waals surface area contributed by atoms with E-state index in [0.717, 1.165) is 296 Å². The SMILES string of the molecule is CC/C=C\CCCCOC(CCC(=O)OCCCCCCCN(CCCO)CCN(CCCCCCCOC(=O)CCC(OCCCC/C=C\CC)OCCCC/C=C\CC)CCCCCCCOC(=O)CCC(OCCCC/C=C\CC)OCCCC/C=C\CC)OCCCC/C=C\CC. The summed E-state index contributed by atoms with van der Waals surface area (Å²) in [7, 11) is 0. The number of ether oxygens (including phenoxy) is 9. The number of esters is 3. The number of allylic oxidation sites excluding steroid dienone is 12. The highest BCUT2D eigenvalue weighted by atomic mass is 16.7. The van der Waals surface area contributed by atoms with Gasteiger partial charge in [0.15, 0.2) is 18.9 Å². The highest BCUT2D eigenvalue weighted by Crippen LogP contribution is 2.17. The third kappa shape index (κ3) is 74.6. The van der Waals surface area contributed by atoms with Gasteiger partial charge in [0.2, 0.25) is 0 Å². The lowest BCUT2D eigenvalue weighted by Gasteiger charge is -2.28. The molecule has 0 aliphatic heterocycles. The molecule has 590 valence electrons. The zero-order chi connectivity index (χ0) is 73.3. The van der Waals surface area contributed by atoms with Gasteiger partial charge >= 0.3 is 17.9 Å². The molecule has 1 N–H and O–H groups in total. The van der Waals surface area contributed by atoms with Gasteiger partial charge in [0, 0.05) is 85.1 Å². The number of unbranched alkanes of at least 4 members (excludes halogenated alkanes) is 24. The summed E-state index contributed by atoms with van der Waals surface area (Å²) in [5.41, 5.74) is 0. The number of rotatable bonds is 81. The van der Waals surface area contributed by atoms with E-state index < -0.39 is 0 Å². The molecule has 0 aromatic carbocycles. The predicted molar refractivity (Wildman–Crippen MR) is 421 cm³/mol. The summed E-state index contributed by atoms with van der Waals surface area (Å²) < 4.78 is 53.9. The fourth-order valence-corrected chi connectivity index (χ4v) is 11.5. The van der Waals surface area contributed by atoms with Crippen LogP contribution in [0.2, 0.25) is 0 Å². The maximum atomic E-state index is 12.9. The minimum absolute atomic E-state index is 0.179. The Morgan fingerprint density at radius 3 is 0.693 bits per heavy atom. The van der Waals surface area contributed by atoms with Gasteiger partial charge in [-0.05, 0) is 219 Å². The van der Waals surface area contributed by atoms with Crippen molar-refractivity contribution in [1.29, 1.82) is 0 Å². The van der Waals surface area contributed by atoms with Crippen LogP contribution in [0.3, 0.4) is 0 Å². The quantitative estimate of drug-likeness (QED) is 0.0201. The lowest BCUT2D eigenvalue weighted by Crippen LogP contribution is -2.37. The second-order valence-corrected chi connectivity index (χ2v) is 27.1. The third-order valence-corrected chi connectivity index (χ3v) is 17.6. The van der Waals surface area contributed by atoms with Crippen molar-refractivity contribution < 1.29 is 62.1 Å². The molecule has 0 amide bonds. The number of aliphatic hydroxyl groups excluding tert-OH is 1. The van der Waals surface area contributed by atoms with E-state index in [4.69, 9.17) is 42.6 Å². The highest BCUT2D eigenvalue weighted by molar-refractivity contribution is 5.70. The molecule has 0 heterocycles. The molecule has 0 atom stereocenters. The van der Waals surface area contributed by atoms with Crippen molar-refractivity contribution in [3.05, 3.63) is 72.9 Å². The topological polar surface area (TPSA) is 161 Å². The summed E-state index contributed by atoms with van der Waals surface area (Å²) in [5, 5.41) is 9.88.